The number of aryl methyl sites for hydroxylation is 1. The van der Waals surface area contributed by atoms with Gasteiger partial charge in [-0.25, -0.2) is 0 Å². The maximum atomic E-state index is 5.78. The van der Waals surface area contributed by atoms with Gasteiger partial charge in [0.2, 0.25) is 0 Å². The summed E-state index contributed by atoms with van der Waals surface area (Å²) in [7, 11) is -1.19. The third kappa shape index (κ3) is 3.96. The van der Waals surface area contributed by atoms with Gasteiger partial charge in [0.1, 0.15) is 12.4 Å². The van der Waals surface area contributed by atoms with Crippen molar-refractivity contribution in [1.29, 1.82) is 0 Å². The molecule has 0 heterocycles. The Morgan fingerprint density at radius 3 is 1.95 bits per heavy atom. The normalized spacial score (nSPS) is 11.4. The van der Waals surface area contributed by atoms with Crippen molar-refractivity contribution in [2.45, 2.75) is 33.2 Å². The molecule has 0 bridgehead atoms. The zero-order chi connectivity index (χ0) is 13.9. The molecule has 0 N–H and O–H groups in total. The summed E-state index contributed by atoms with van der Waals surface area (Å²) in [5, 5.41) is 1.49. The lowest BCUT2D eigenvalue weighted by molar-refractivity contribution is 0.306. The Hall–Kier alpha value is -1.54. The fourth-order valence-electron chi connectivity index (χ4n) is 1.90. The van der Waals surface area contributed by atoms with Crippen molar-refractivity contribution in [1.82, 2.24) is 0 Å². The smallest absolute Gasteiger partial charge is 0.119 e. The van der Waals surface area contributed by atoms with Gasteiger partial charge in [-0.2, -0.15) is 0 Å². The molecule has 19 heavy (non-hydrogen) atoms. The molecule has 0 aliphatic rings. The molecule has 0 atom stereocenters. The Bertz CT molecular complexity index is 521. The molecule has 2 rings (SSSR count). The van der Waals surface area contributed by atoms with Gasteiger partial charge in [0.25, 0.3) is 0 Å². The van der Waals surface area contributed by atoms with E-state index in [1.165, 1.54) is 16.3 Å². The minimum atomic E-state index is -1.19. The molecule has 0 fully saturated rings. The maximum absolute atomic E-state index is 5.78. The average molecular weight is 270 g/mol. The van der Waals surface area contributed by atoms with Crippen LogP contribution in [0.5, 0.6) is 5.75 Å². The Labute approximate surface area is 117 Å². The first-order chi connectivity index (χ1) is 8.95. The maximum Gasteiger partial charge on any atom is 0.119 e. The lowest BCUT2D eigenvalue weighted by Gasteiger charge is -2.16. The SMILES string of the molecule is Cc1ccc(OCc2ccc([Si](C)(C)C)cc2)cc1. The van der Waals surface area contributed by atoms with Crippen LogP contribution in [0.1, 0.15) is 11.1 Å². The van der Waals surface area contributed by atoms with E-state index in [0.29, 0.717) is 6.61 Å². The molecule has 0 radical (unpaired) electrons. The van der Waals surface area contributed by atoms with Crippen LogP contribution < -0.4 is 9.92 Å². The van der Waals surface area contributed by atoms with Crippen LogP contribution in [0.4, 0.5) is 0 Å². The van der Waals surface area contributed by atoms with E-state index in [0.717, 1.165) is 5.75 Å². The van der Waals surface area contributed by atoms with Crippen LogP contribution in [-0.4, -0.2) is 8.07 Å². The second-order valence-corrected chi connectivity index (χ2v) is 11.1. The molecule has 0 amide bonds. The second kappa shape index (κ2) is 5.62. The number of benzene rings is 2. The van der Waals surface area contributed by atoms with Crippen LogP contribution in [0, 0.1) is 6.92 Å². The summed E-state index contributed by atoms with van der Waals surface area (Å²) < 4.78 is 5.78. The summed E-state index contributed by atoms with van der Waals surface area (Å²) in [6, 6.07) is 17.1. The van der Waals surface area contributed by atoms with Gasteiger partial charge < -0.3 is 4.74 Å². The molecule has 0 saturated carbocycles. The van der Waals surface area contributed by atoms with Gasteiger partial charge in [-0.15, -0.1) is 0 Å². The minimum absolute atomic E-state index is 0.634. The van der Waals surface area contributed by atoms with E-state index >= 15 is 0 Å². The van der Waals surface area contributed by atoms with Gasteiger partial charge in [0, 0.05) is 0 Å². The van der Waals surface area contributed by atoms with Crippen molar-refractivity contribution in [2.75, 3.05) is 0 Å². The summed E-state index contributed by atoms with van der Waals surface area (Å²) in [6.45, 7) is 9.81. The van der Waals surface area contributed by atoms with Gasteiger partial charge >= 0.3 is 0 Å². The van der Waals surface area contributed by atoms with Crippen LogP contribution in [0.15, 0.2) is 48.5 Å². The fraction of sp³-hybridized carbons (Fsp3) is 0.294. The predicted molar refractivity (Wildman–Crippen MR) is 84.9 cm³/mol. The molecule has 0 aliphatic heterocycles. The third-order valence-electron chi connectivity index (χ3n) is 3.25. The fourth-order valence-corrected chi connectivity index (χ4v) is 3.07. The molecule has 0 unspecified atom stereocenters. The summed E-state index contributed by atoms with van der Waals surface area (Å²) >= 11 is 0. The van der Waals surface area contributed by atoms with E-state index < -0.39 is 8.07 Å². The molecular formula is C17H22OSi. The third-order valence-corrected chi connectivity index (χ3v) is 5.31. The summed E-state index contributed by atoms with van der Waals surface area (Å²) in [6.07, 6.45) is 0. The second-order valence-electron chi connectivity index (χ2n) is 6.05. The zero-order valence-corrected chi connectivity index (χ0v) is 13.2. The summed E-state index contributed by atoms with van der Waals surface area (Å²) in [4.78, 5) is 0. The first-order valence-electron chi connectivity index (χ1n) is 6.74. The number of ether oxygens (including phenoxy) is 1. The Morgan fingerprint density at radius 1 is 0.842 bits per heavy atom. The Kier molecular flexibility index (Phi) is 4.10. The molecule has 1 nitrogen and oxygen atoms in total. The highest BCUT2D eigenvalue weighted by Gasteiger charge is 2.15. The van der Waals surface area contributed by atoms with Crippen LogP contribution in [0.3, 0.4) is 0 Å². The molecular weight excluding hydrogens is 248 g/mol. The largest absolute Gasteiger partial charge is 0.489 e. The van der Waals surface area contributed by atoms with Crippen molar-refractivity contribution >= 4 is 13.3 Å². The van der Waals surface area contributed by atoms with Crippen LogP contribution in [0.2, 0.25) is 19.6 Å². The molecule has 2 aromatic rings. The van der Waals surface area contributed by atoms with E-state index in [1.807, 2.05) is 12.1 Å². The van der Waals surface area contributed by atoms with Gasteiger partial charge in [0.15, 0.2) is 0 Å². The summed E-state index contributed by atoms with van der Waals surface area (Å²) in [5.74, 6) is 0.930. The van der Waals surface area contributed by atoms with Crippen molar-refractivity contribution in [3.8, 4) is 5.75 Å². The highest BCUT2D eigenvalue weighted by atomic mass is 28.3. The highest BCUT2D eigenvalue weighted by Crippen LogP contribution is 2.13. The molecule has 0 spiro atoms. The Morgan fingerprint density at radius 2 is 1.42 bits per heavy atom. The predicted octanol–water partition coefficient (Wildman–Crippen LogP) is 4.12. The van der Waals surface area contributed by atoms with E-state index in [4.69, 9.17) is 4.74 Å². The number of rotatable bonds is 4. The lowest BCUT2D eigenvalue weighted by atomic mass is 10.2. The molecule has 0 aliphatic carbocycles. The van der Waals surface area contributed by atoms with Crippen molar-refractivity contribution in [3.63, 3.8) is 0 Å². The van der Waals surface area contributed by atoms with Crippen molar-refractivity contribution in [2.24, 2.45) is 0 Å². The van der Waals surface area contributed by atoms with Gasteiger partial charge in [-0.05, 0) is 24.6 Å². The van der Waals surface area contributed by atoms with Gasteiger partial charge in [-0.3, -0.25) is 0 Å². The van der Waals surface area contributed by atoms with Crippen molar-refractivity contribution in [3.05, 3.63) is 59.7 Å². The first kappa shape index (κ1) is 13.9. The number of hydrogen-bond acceptors (Lipinski definition) is 1. The lowest BCUT2D eigenvalue weighted by Crippen LogP contribution is -2.37. The highest BCUT2D eigenvalue weighted by molar-refractivity contribution is 6.88. The minimum Gasteiger partial charge on any atom is -0.489 e. The van der Waals surface area contributed by atoms with Crippen LogP contribution in [0.25, 0.3) is 0 Å². The van der Waals surface area contributed by atoms with Gasteiger partial charge in [0.05, 0.1) is 8.07 Å². The zero-order valence-electron chi connectivity index (χ0n) is 12.2. The molecule has 2 heteroatoms. The van der Waals surface area contributed by atoms with Crippen LogP contribution in [-0.2, 0) is 6.61 Å². The molecule has 2 aromatic carbocycles. The van der Waals surface area contributed by atoms with E-state index in [9.17, 15) is 0 Å². The number of hydrogen-bond donors (Lipinski definition) is 0. The Balaban J connectivity index is 1.98. The van der Waals surface area contributed by atoms with Crippen molar-refractivity contribution < 1.29 is 4.74 Å². The van der Waals surface area contributed by atoms with E-state index in [2.05, 4.69) is 63.0 Å². The standard InChI is InChI=1S/C17H22OSi/c1-14-5-9-16(10-6-14)18-13-15-7-11-17(12-8-15)19(2,3)4/h5-12H,13H2,1-4H3. The van der Waals surface area contributed by atoms with E-state index in [1.54, 1.807) is 0 Å². The molecule has 100 valence electrons. The summed E-state index contributed by atoms with van der Waals surface area (Å²) in [5.41, 5.74) is 2.48. The first-order valence-corrected chi connectivity index (χ1v) is 10.2. The topological polar surface area (TPSA) is 9.23 Å². The average Bonchev–Trinajstić information content (AvgIpc) is 2.37. The monoisotopic (exact) mass is 270 g/mol. The van der Waals surface area contributed by atoms with Gasteiger partial charge in [-0.1, -0.05) is 66.8 Å². The quantitative estimate of drug-likeness (QED) is 0.759. The molecule has 0 aromatic heterocycles. The van der Waals surface area contributed by atoms with Crippen LogP contribution >= 0.6 is 0 Å². The van der Waals surface area contributed by atoms with E-state index in [-0.39, 0.29) is 0 Å². The molecule has 0 saturated heterocycles.